The predicted octanol–water partition coefficient (Wildman–Crippen LogP) is 1.69. The van der Waals surface area contributed by atoms with E-state index < -0.39 is 5.60 Å². The molecule has 0 spiro atoms. The number of anilines is 1. The smallest absolute Gasteiger partial charge is 0.222 e. The summed E-state index contributed by atoms with van der Waals surface area (Å²) in [6.45, 7) is 7.68. The Bertz CT molecular complexity index is 343. The maximum atomic E-state index is 9.60. The molecule has 0 unspecified atom stereocenters. The third-order valence-electron chi connectivity index (χ3n) is 2.15. The van der Waals surface area contributed by atoms with Gasteiger partial charge in [0.15, 0.2) is 5.16 Å². The van der Waals surface area contributed by atoms with Crippen LogP contribution in [0.3, 0.4) is 0 Å². The highest BCUT2D eigenvalue weighted by molar-refractivity contribution is 7.99. The van der Waals surface area contributed by atoms with Crippen molar-refractivity contribution in [1.82, 2.24) is 14.8 Å². The Balaban J connectivity index is 2.61. The van der Waals surface area contributed by atoms with Crippen LogP contribution in [0.25, 0.3) is 0 Å². The number of rotatable bonds is 5. The van der Waals surface area contributed by atoms with Gasteiger partial charge in [-0.25, -0.2) is 0 Å². The van der Waals surface area contributed by atoms with Crippen molar-refractivity contribution >= 4 is 17.7 Å². The van der Waals surface area contributed by atoms with Crippen LogP contribution in [0.4, 0.5) is 5.95 Å². The first-order valence-electron chi connectivity index (χ1n) is 5.37. The Labute approximate surface area is 100 Å². The molecule has 0 saturated carbocycles. The van der Waals surface area contributed by atoms with Crippen molar-refractivity contribution in [3.05, 3.63) is 0 Å². The van der Waals surface area contributed by atoms with Crippen LogP contribution in [0.1, 0.15) is 40.2 Å². The number of aromatic nitrogens is 3. The van der Waals surface area contributed by atoms with Gasteiger partial charge in [0, 0.05) is 11.8 Å². The minimum atomic E-state index is -0.638. The van der Waals surface area contributed by atoms with Crippen LogP contribution in [0.5, 0.6) is 0 Å². The zero-order valence-electron chi connectivity index (χ0n) is 10.3. The van der Waals surface area contributed by atoms with Gasteiger partial charge in [0.2, 0.25) is 5.95 Å². The summed E-state index contributed by atoms with van der Waals surface area (Å²) in [5.41, 5.74) is 5.09. The van der Waals surface area contributed by atoms with Crippen LogP contribution in [0.15, 0.2) is 5.16 Å². The molecule has 0 atom stereocenters. The van der Waals surface area contributed by atoms with E-state index in [-0.39, 0.29) is 6.04 Å². The maximum absolute atomic E-state index is 9.60. The van der Waals surface area contributed by atoms with E-state index in [4.69, 9.17) is 5.73 Å². The molecule has 92 valence electrons. The van der Waals surface area contributed by atoms with Crippen LogP contribution in [-0.4, -0.2) is 31.2 Å². The molecule has 0 saturated heterocycles. The lowest BCUT2D eigenvalue weighted by molar-refractivity contribution is 0.0777. The molecular formula is C10H20N4OS. The number of hydrogen-bond donors (Lipinski definition) is 2. The quantitative estimate of drug-likeness (QED) is 0.771. The lowest BCUT2D eigenvalue weighted by Crippen LogP contribution is -2.19. The molecule has 0 aliphatic rings. The first-order valence-corrected chi connectivity index (χ1v) is 6.35. The molecule has 0 amide bonds. The van der Waals surface area contributed by atoms with Gasteiger partial charge in [0.05, 0.1) is 5.60 Å². The van der Waals surface area contributed by atoms with Gasteiger partial charge in [0.25, 0.3) is 0 Å². The molecule has 6 heteroatoms. The van der Waals surface area contributed by atoms with Crippen molar-refractivity contribution in [1.29, 1.82) is 0 Å². The minimum Gasteiger partial charge on any atom is -0.390 e. The van der Waals surface area contributed by atoms with Crippen LogP contribution in [0.2, 0.25) is 0 Å². The number of nitrogens with zero attached hydrogens (tertiary/aromatic N) is 3. The molecule has 0 radical (unpaired) electrons. The van der Waals surface area contributed by atoms with Crippen molar-refractivity contribution in [2.75, 3.05) is 11.5 Å². The van der Waals surface area contributed by atoms with E-state index in [1.54, 1.807) is 25.6 Å². The largest absolute Gasteiger partial charge is 0.390 e. The van der Waals surface area contributed by atoms with E-state index in [0.29, 0.717) is 12.4 Å². The van der Waals surface area contributed by atoms with Gasteiger partial charge in [-0.1, -0.05) is 11.8 Å². The van der Waals surface area contributed by atoms with Crippen molar-refractivity contribution < 1.29 is 5.11 Å². The van der Waals surface area contributed by atoms with Gasteiger partial charge in [-0.05, 0) is 34.1 Å². The summed E-state index contributed by atoms with van der Waals surface area (Å²) in [5, 5.41) is 18.3. The molecule has 1 rings (SSSR count). The average molecular weight is 244 g/mol. The molecule has 0 aliphatic carbocycles. The van der Waals surface area contributed by atoms with Gasteiger partial charge in [-0.15, -0.1) is 10.2 Å². The predicted molar refractivity (Wildman–Crippen MR) is 66.5 cm³/mol. The second kappa shape index (κ2) is 5.05. The average Bonchev–Trinajstić information content (AvgIpc) is 2.44. The van der Waals surface area contributed by atoms with Crippen LogP contribution >= 0.6 is 11.8 Å². The van der Waals surface area contributed by atoms with Crippen LogP contribution < -0.4 is 5.73 Å². The van der Waals surface area contributed by atoms with E-state index >= 15 is 0 Å². The summed E-state index contributed by atoms with van der Waals surface area (Å²) < 4.78 is 1.90. The lowest BCUT2D eigenvalue weighted by atomic mass is 10.1. The highest BCUT2D eigenvalue weighted by Crippen LogP contribution is 2.24. The molecule has 0 fully saturated rings. The lowest BCUT2D eigenvalue weighted by Gasteiger charge is -2.16. The second-order valence-electron chi connectivity index (χ2n) is 4.72. The summed E-state index contributed by atoms with van der Waals surface area (Å²) in [6.07, 6.45) is 0.711. The minimum absolute atomic E-state index is 0.250. The van der Waals surface area contributed by atoms with E-state index in [1.807, 2.05) is 18.4 Å². The fraction of sp³-hybridized carbons (Fsp3) is 0.800. The number of hydrogen-bond acceptors (Lipinski definition) is 5. The summed E-state index contributed by atoms with van der Waals surface area (Å²) >= 11 is 1.57. The van der Waals surface area contributed by atoms with Crippen molar-refractivity contribution in [2.45, 2.75) is 50.9 Å². The van der Waals surface area contributed by atoms with Crippen molar-refractivity contribution in [2.24, 2.45) is 0 Å². The first kappa shape index (κ1) is 13.3. The monoisotopic (exact) mass is 244 g/mol. The highest BCUT2D eigenvalue weighted by atomic mass is 32.2. The molecule has 0 aliphatic heterocycles. The molecule has 5 nitrogen and oxygen atoms in total. The van der Waals surface area contributed by atoms with Crippen LogP contribution in [-0.2, 0) is 0 Å². The summed E-state index contributed by atoms with van der Waals surface area (Å²) in [6, 6.07) is 0.250. The Kier molecular flexibility index (Phi) is 4.21. The van der Waals surface area contributed by atoms with Gasteiger partial charge in [-0.3, -0.25) is 4.57 Å². The van der Waals surface area contributed by atoms with E-state index in [2.05, 4.69) is 10.2 Å². The van der Waals surface area contributed by atoms with E-state index in [9.17, 15) is 5.11 Å². The topological polar surface area (TPSA) is 77.0 Å². The SMILES string of the molecule is CC(C)n1c(N)nnc1SCCC(C)(C)O. The van der Waals surface area contributed by atoms with Crippen LogP contribution in [0, 0.1) is 0 Å². The zero-order valence-corrected chi connectivity index (χ0v) is 11.1. The summed E-state index contributed by atoms with van der Waals surface area (Å²) in [7, 11) is 0. The Morgan fingerprint density at radius 2 is 2.06 bits per heavy atom. The van der Waals surface area contributed by atoms with E-state index in [1.165, 1.54) is 0 Å². The molecule has 1 heterocycles. The highest BCUT2D eigenvalue weighted by Gasteiger charge is 2.16. The molecule has 16 heavy (non-hydrogen) atoms. The molecule has 1 aromatic rings. The number of nitrogens with two attached hydrogens (primary N) is 1. The molecule has 0 aromatic carbocycles. The zero-order chi connectivity index (χ0) is 12.3. The fourth-order valence-corrected chi connectivity index (χ4v) is 2.59. The standard InChI is InChI=1S/C10H20N4OS/c1-7(2)14-8(11)12-13-9(14)16-6-5-10(3,4)15/h7,15H,5-6H2,1-4H3,(H2,11,12). The Morgan fingerprint density at radius 3 is 2.56 bits per heavy atom. The van der Waals surface area contributed by atoms with Gasteiger partial charge in [0.1, 0.15) is 0 Å². The molecule has 3 N–H and O–H groups in total. The maximum Gasteiger partial charge on any atom is 0.222 e. The summed E-state index contributed by atoms with van der Waals surface area (Å²) in [5.74, 6) is 1.25. The van der Waals surface area contributed by atoms with Crippen molar-refractivity contribution in [3.63, 3.8) is 0 Å². The molecular weight excluding hydrogens is 224 g/mol. The number of thioether (sulfide) groups is 1. The molecule has 0 bridgehead atoms. The third-order valence-corrected chi connectivity index (χ3v) is 3.10. The Hall–Kier alpha value is -0.750. The number of aliphatic hydroxyl groups is 1. The van der Waals surface area contributed by atoms with E-state index in [0.717, 1.165) is 10.9 Å². The third kappa shape index (κ3) is 3.68. The van der Waals surface area contributed by atoms with Gasteiger partial charge < -0.3 is 10.8 Å². The molecule has 1 aromatic heterocycles. The first-order chi connectivity index (χ1) is 7.31. The van der Waals surface area contributed by atoms with Crippen molar-refractivity contribution in [3.8, 4) is 0 Å². The Morgan fingerprint density at radius 1 is 1.44 bits per heavy atom. The normalized spacial score (nSPS) is 12.4. The van der Waals surface area contributed by atoms with Gasteiger partial charge in [-0.2, -0.15) is 0 Å². The van der Waals surface area contributed by atoms with Gasteiger partial charge >= 0.3 is 0 Å². The summed E-state index contributed by atoms with van der Waals surface area (Å²) in [4.78, 5) is 0. The fourth-order valence-electron chi connectivity index (χ4n) is 1.26. The second-order valence-corrected chi connectivity index (χ2v) is 5.78. The number of nitrogen functional groups attached to an aromatic ring is 1.